The minimum atomic E-state index is -0.00653. The summed E-state index contributed by atoms with van der Waals surface area (Å²) in [6.07, 6.45) is 5.22. The van der Waals surface area contributed by atoms with Crippen molar-refractivity contribution in [1.82, 2.24) is 25.3 Å². The smallest absolute Gasteiger partial charge is 0.142 e. The lowest BCUT2D eigenvalue weighted by Crippen LogP contribution is -2.24. The Balaban J connectivity index is 2.45. The van der Waals surface area contributed by atoms with Gasteiger partial charge < -0.3 is 10.1 Å². The summed E-state index contributed by atoms with van der Waals surface area (Å²) in [5, 5.41) is 11.3. The second kappa shape index (κ2) is 5.59. The SMILES string of the molecule is CCNC(c1ccncc1OC)c1cnnn1C. The Morgan fingerprint density at radius 1 is 1.44 bits per heavy atom. The number of rotatable bonds is 5. The third-order valence-electron chi connectivity index (χ3n) is 2.80. The van der Waals surface area contributed by atoms with Gasteiger partial charge in [0.25, 0.3) is 0 Å². The third kappa shape index (κ3) is 2.33. The highest BCUT2D eigenvalue weighted by molar-refractivity contribution is 5.37. The van der Waals surface area contributed by atoms with Crippen molar-refractivity contribution in [2.45, 2.75) is 13.0 Å². The number of methoxy groups -OCH3 is 1. The van der Waals surface area contributed by atoms with Crippen molar-refractivity contribution in [2.75, 3.05) is 13.7 Å². The molecule has 2 aromatic heterocycles. The van der Waals surface area contributed by atoms with Crippen molar-refractivity contribution >= 4 is 0 Å². The summed E-state index contributed by atoms with van der Waals surface area (Å²) in [4.78, 5) is 4.07. The molecule has 0 bridgehead atoms. The zero-order valence-corrected chi connectivity index (χ0v) is 10.8. The van der Waals surface area contributed by atoms with Crippen LogP contribution in [0, 0.1) is 0 Å². The summed E-state index contributed by atoms with van der Waals surface area (Å²) in [5.41, 5.74) is 2.01. The molecule has 0 amide bonds. The Bertz CT molecular complexity index is 511. The first kappa shape index (κ1) is 12.5. The molecule has 0 aliphatic carbocycles. The summed E-state index contributed by atoms with van der Waals surface area (Å²) in [5.74, 6) is 0.754. The van der Waals surface area contributed by atoms with Crippen molar-refractivity contribution in [3.63, 3.8) is 0 Å². The van der Waals surface area contributed by atoms with Gasteiger partial charge in [0.15, 0.2) is 0 Å². The molecule has 96 valence electrons. The van der Waals surface area contributed by atoms with Crippen LogP contribution >= 0.6 is 0 Å². The summed E-state index contributed by atoms with van der Waals surface area (Å²) < 4.78 is 7.12. The average Bonchev–Trinajstić information content (AvgIpc) is 2.82. The van der Waals surface area contributed by atoms with Crippen LogP contribution in [0.4, 0.5) is 0 Å². The molecule has 18 heavy (non-hydrogen) atoms. The Hall–Kier alpha value is -1.95. The van der Waals surface area contributed by atoms with E-state index >= 15 is 0 Å². The van der Waals surface area contributed by atoms with Gasteiger partial charge in [-0.25, -0.2) is 0 Å². The standard InChI is InChI=1S/C12H17N5O/c1-4-14-12(10-7-15-16-17(10)2)9-5-6-13-8-11(9)18-3/h5-8,12,14H,4H2,1-3H3. The number of ether oxygens (including phenoxy) is 1. The van der Waals surface area contributed by atoms with E-state index < -0.39 is 0 Å². The van der Waals surface area contributed by atoms with E-state index in [1.165, 1.54) is 0 Å². The van der Waals surface area contributed by atoms with E-state index in [-0.39, 0.29) is 6.04 Å². The largest absolute Gasteiger partial charge is 0.495 e. The number of nitrogens with zero attached hydrogens (tertiary/aromatic N) is 4. The van der Waals surface area contributed by atoms with Gasteiger partial charge in [-0.1, -0.05) is 12.1 Å². The van der Waals surface area contributed by atoms with Gasteiger partial charge in [-0.05, 0) is 12.6 Å². The summed E-state index contributed by atoms with van der Waals surface area (Å²) in [7, 11) is 3.52. The monoisotopic (exact) mass is 247 g/mol. The second-order valence-corrected chi connectivity index (χ2v) is 3.89. The first-order chi connectivity index (χ1) is 8.77. The molecular weight excluding hydrogens is 230 g/mol. The molecular formula is C12H17N5O. The number of aromatic nitrogens is 4. The van der Waals surface area contributed by atoms with E-state index in [0.717, 1.165) is 23.6 Å². The minimum Gasteiger partial charge on any atom is -0.495 e. The molecule has 1 unspecified atom stereocenters. The van der Waals surface area contributed by atoms with Gasteiger partial charge in [0, 0.05) is 18.8 Å². The number of hydrogen-bond acceptors (Lipinski definition) is 5. The second-order valence-electron chi connectivity index (χ2n) is 3.89. The topological polar surface area (TPSA) is 64.9 Å². The van der Waals surface area contributed by atoms with Crippen molar-refractivity contribution in [2.24, 2.45) is 7.05 Å². The van der Waals surface area contributed by atoms with E-state index in [0.29, 0.717) is 0 Å². The summed E-state index contributed by atoms with van der Waals surface area (Å²) in [6.45, 7) is 2.89. The van der Waals surface area contributed by atoms with Crippen LogP contribution in [0.25, 0.3) is 0 Å². The van der Waals surface area contributed by atoms with Crippen LogP contribution in [0.5, 0.6) is 5.75 Å². The fraction of sp³-hybridized carbons (Fsp3) is 0.417. The van der Waals surface area contributed by atoms with E-state index in [1.54, 1.807) is 30.4 Å². The van der Waals surface area contributed by atoms with Gasteiger partial charge in [-0.3, -0.25) is 9.67 Å². The van der Waals surface area contributed by atoms with Gasteiger partial charge in [0.2, 0.25) is 0 Å². The quantitative estimate of drug-likeness (QED) is 0.851. The summed E-state index contributed by atoms with van der Waals surface area (Å²) >= 11 is 0. The summed E-state index contributed by atoms with van der Waals surface area (Å²) in [6, 6.07) is 1.94. The Labute approximate surface area is 106 Å². The normalized spacial score (nSPS) is 12.4. The number of hydrogen-bond donors (Lipinski definition) is 1. The molecule has 0 spiro atoms. The molecule has 2 aromatic rings. The van der Waals surface area contributed by atoms with Crippen LogP contribution in [0.2, 0.25) is 0 Å². The predicted molar refractivity (Wildman–Crippen MR) is 67.3 cm³/mol. The predicted octanol–water partition coefficient (Wildman–Crippen LogP) is 0.918. The molecule has 0 saturated heterocycles. The van der Waals surface area contributed by atoms with Crippen LogP contribution in [0.3, 0.4) is 0 Å². The molecule has 6 heteroatoms. The van der Waals surface area contributed by atoms with E-state index in [4.69, 9.17) is 4.74 Å². The molecule has 2 heterocycles. The van der Waals surface area contributed by atoms with E-state index in [1.807, 2.05) is 13.1 Å². The fourth-order valence-corrected chi connectivity index (χ4v) is 1.94. The van der Waals surface area contributed by atoms with Crippen LogP contribution < -0.4 is 10.1 Å². The van der Waals surface area contributed by atoms with Crippen LogP contribution in [-0.4, -0.2) is 33.6 Å². The maximum atomic E-state index is 5.36. The van der Waals surface area contributed by atoms with Crippen LogP contribution in [-0.2, 0) is 7.05 Å². The average molecular weight is 247 g/mol. The Morgan fingerprint density at radius 3 is 2.89 bits per heavy atom. The molecule has 0 aromatic carbocycles. The van der Waals surface area contributed by atoms with E-state index in [2.05, 4.69) is 27.5 Å². The van der Waals surface area contributed by atoms with Gasteiger partial charge in [-0.15, -0.1) is 5.10 Å². The lowest BCUT2D eigenvalue weighted by molar-refractivity contribution is 0.400. The Morgan fingerprint density at radius 2 is 2.28 bits per heavy atom. The van der Waals surface area contributed by atoms with Crippen molar-refractivity contribution in [3.8, 4) is 5.75 Å². The Kier molecular flexibility index (Phi) is 3.88. The first-order valence-electron chi connectivity index (χ1n) is 5.83. The molecule has 0 aliphatic heterocycles. The lowest BCUT2D eigenvalue weighted by Gasteiger charge is -2.19. The minimum absolute atomic E-state index is 0.00653. The highest BCUT2D eigenvalue weighted by atomic mass is 16.5. The molecule has 0 aliphatic rings. The molecule has 0 fully saturated rings. The van der Waals surface area contributed by atoms with Gasteiger partial charge in [0.1, 0.15) is 5.75 Å². The maximum absolute atomic E-state index is 5.36. The zero-order chi connectivity index (χ0) is 13.0. The highest BCUT2D eigenvalue weighted by Gasteiger charge is 2.20. The zero-order valence-electron chi connectivity index (χ0n) is 10.8. The van der Waals surface area contributed by atoms with Gasteiger partial charge >= 0.3 is 0 Å². The molecule has 0 saturated carbocycles. The maximum Gasteiger partial charge on any atom is 0.142 e. The first-order valence-corrected chi connectivity index (χ1v) is 5.83. The van der Waals surface area contributed by atoms with Crippen molar-refractivity contribution < 1.29 is 4.74 Å². The molecule has 1 N–H and O–H groups in total. The number of pyridine rings is 1. The van der Waals surface area contributed by atoms with Gasteiger partial charge in [-0.2, -0.15) is 0 Å². The molecule has 0 radical (unpaired) electrons. The van der Waals surface area contributed by atoms with Crippen LogP contribution in [0.1, 0.15) is 24.2 Å². The molecule has 6 nitrogen and oxygen atoms in total. The van der Waals surface area contributed by atoms with Crippen LogP contribution in [0.15, 0.2) is 24.7 Å². The third-order valence-corrected chi connectivity index (χ3v) is 2.80. The van der Waals surface area contributed by atoms with E-state index in [9.17, 15) is 0 Å². The van der Waals surface area contributed by atoms with Crippen molar-refractivity contribution in [1.29, 1.82) is 0 Å². The van der Waals surface area contributed by atoms with Crippen molar-refractivity contribution in [3.05, 3.63) is 35.9 Å². The van der Waals surface area contributed by atoms with Gasteiger partial charge in [0.05, 0.1) is 31.2 Å². The lowest BCUT2D eigenvalue weighted by atomic mass is 10.0. The number of nitrogens with one attached hydrogen (secondary N) is 1. The molecule has 2 rings (SSSR count). The molecule has 1 atom stereocenters. The number of aryl methyl sites for hydroxylation is 1. The fourth-order valence-electron chi connectivity index (χ4n) is 1.94. The highest BCUT2D eigenvalue weighted by Crippen LogP contribution is 2.28.